The molecule has 4 aromatic rings. The normalized spacial score (nSPS) is 9.91. The SMILES string of the molecule is CNc1nnc(OCc2ccc(Cl)cn2)s1.COc1c(-c2cc(C)ncc2C=O)ccnc1C#N. The lowest BCUT2D eigenvalue weighted by Gasteiger charge is -2.11. The number of ether oxygens (including phenoxy) is 2. The number of rotatable bonds is 7. The maximum Gasteiger partial charge on any atom is 0.296 e. The maximum atomic E-state index is 11.1. The van der Waals surface area contributed by atoms with Crippen LogP contribution < -0.4 is 14.8 Å². The average Bonchev–Trinajstić information content (AvgIpc) is 3.36. The van der Waals surface area contributed by atoms with Crippen LogP contribution in [0.1, 0.15) is 27.4 Å². The van der Waals surface area contributed by atoms with Crippen LogP contribution in [0.4, 0.5) is 5.13 Å². The number of carbonyl (C=O) groups is 1. The van der Waals surface area contributed by atoms with Gasteiger partial charge in [0.05, 0.1) is 17.8 Å². The zero-order valence-corrected chi connectivity index (χ0v) is 20.6. The van der Waals surface area contributed by atoms with Crippen LogP contribution in [0.3, 0.4) is 0 Å². The Hall–Kier alpha value is -4.14. The quantitative estimate of drug-likeness (QED) is 0.358. The molecule has 0 fully saturated rings. The van der Waals surface area contributed by atoms with Crippen molar-refractivity contribution in [1.82, 2.24) is 25.1 Å². The van der Waals surface area contributed by atoms with Gasteiger partial charge in [-0.3, -0.25) is 14.8 Å². The number of anilines is 1. The highest BCUT2D eigenvalue weighted by Crippen LogP contribution is 2.33. The summed E-state index contributed by atoms with van der Waals surface area (Å²) in [4.78, 5) is 23.2. The minimum Gasteiger partial charge on any atom is -0.493 e. The van der Waals surface area contributed by atoms with Crippen molar-refractivity contribution in [2.45, 2.75) is 13.5 Å². The fraction of sp³-hybridized carbons (Fsp3) is 0.174. The predicted octanol–water partition coefficient (Wildman–Crippen LogP) is 4.35. The molecule has 0 saturated heterocycles. The summed E-state index contributed by atoms with van der Waals surface area (Å²) in [5.41, 5.74) is 3.54. The van der Waals surface area contributed by atoms with E-state index in [0.717, 1.165) is 22.8 Å². The second-order valence-corrected chi connectivity index (χ2v) is 8.14. The Balaban J connectivity index is 0.000000198. The monoisotopic (exact) mass is 509 g/mol. The van der Waals surface area contributed by atoms with Crippen molar-refractivity contribution in [3.05, 3.63) is 70.5 Å². The summed E-state index contributed by atoms with van der Waals surface area (Å²) in [5.74, 6) is 0.360. The molecule has 0 aliphatic rings. The smallest absolute Gasteiger partial charge is 0.296 e. The van der Waals surface area contributed by atoms with Gasteiger partial charge < -0.3 is 14.8 Å². The molecular weight excluding hydrogens is 490 g/mol. The Morgan fingerprint density at radius 3 is 2.63 bits per heavy atom. The lowest BCUT2D eigenvalue weighted by atomic mass is 10.0. The van der Waals surface area contributed by atoms with Crippen molar-refractivity contribution in [2.75, 3.05) is 19.5 Å². The molecule has 0 aliphatic carbocycles. The standard InChI is InChI=1S/C14H11N3O2.C9H9ClN4OS/c1-9-5-12(10(8-18)7-17-9)11-3-4-16-13(6-15)14(11)19-2;1-11-8-13-14-9(16-8)15-5-7-3-2-6(10)4-12-7/h3-5,7-8H,1-2H3;2-4H,5H2,1H3,(H,11,13). The first-order chi connectivity index (χ1) is 17.0. The number of nitrogens with one attached hydrogen (secondary N) is 1. The molecule has 0 aromatic carbocycles. The molecule has 0 spiro atoms. The van der Waals surface area contributed by atoms with E-state index in [2.05, 4.69) is 30.5 Å². The second-order valence-electron chi connectivity index (χ2n) is 6.76. The molecule has 0 bridgehead atoms. The molecule has 0 radical (unpaired) electrons. The number of nitriles is 1. The van der Waals surface area contributed by atoms with Crippen molar-refractivity contribution >= 4 is 34.4 Å². The van der Waals surface area contributed by atoms with E-state index >= 15 is 0 Å². The molecule has 0 atom stereocenters. The summed E-state index contributed by atoms with van der Waals surface area (Å²) in [6.45, 7) is 2.19. The summed E-state index contributed by atoms with van der Waals surface area (Å²) < 4.78 is 10.7. The van der Waals surface area contributed by atoms with Crippen LogP contribution in [0.5, 0.6) is 10.9 Å². The van der Waals surface area contributed by atoms with E-state index in [9.17, 15) is 4.79 Å². The molecule has 0 aliphatic heterocycles. The minimum atomic E-state index is 0.186. The van der Waals surface area contributed by atoms with E-state index in [0.29, 0.717) is 39.3 Å². The van der Waals surface area contributed by atoms with Gasteiger partial charge in [0, 0.05) is 42.5 Å². The van der Waals surface area contributed by atoms with Crippen molar-refractivity contribution in [2.24, 2.45) is 0 Å². The molecule has 0 saturated carbocycles. The molecule has 178 valence electrons. The molecule has 0 amide bonds. The Kier molecular flexibility index (Phi) is 9.00. The molecule has 35 heavy (non-hydrogen) atoms. The van der Waals surface area contributed by atoms with Crippen LogP contribution >= 0.6 is 22.9 Å². The number of nitrogens with zero attached hydrogens (tertiary/aromatic N) is 6. The first-order valence-electron chi connectivity index (χ1n) is 10.1. The minimum absolute atomic E-state index is 0.186. The highest BCUT2D eigenvalue weighted by atomic mass is 35.5. The molecule has 10 nitrogen and oxygen atoms in total. The lowest BCUT2D eigenvalue weighted by molar-refractivity contribution is 0.112. The van der Waals surface area contributed by atoms with Crippen LogP contribution in [-0.4, -0.2) is 45.6 Å². The zero-order chi connectivity index (χ0) is 25.2. The molecule has 4 aromatic heterocycles. The number of methoxy groups -OCH3 is 1. The summed E-state index contributed by atoms with van der Waals surface area (Å²) in [5, 5.41) is 21.5. The van der Waals surface area contributed by atoms with Gasteiger partial charge in [0.25, 0.3) is 5.19 Å². The molecular formula is C23H20ClN7O3S. The number of aldehydes is 1. The highest BCUT2D eigenvalue weighted by Gasteiger charge is 2.15. The van der Waals surface area contributed by atoms with E-state index in [1.165, 1.54) is 30.8 Å². The number of aryl methyl sites for hydroxylation is 1. The number of halogens is 1. The Labute approximate surface area is 210 Å². The van der Waals surface area contributed by atoms with Gasteiger partial charge in [-0.2, -0.15) is 5.26 Å². The van der Waals surface area contributed by atoms with Gasteiger partial charge >= 0.3 is 0 Å². The van der Waals surface area contributed by atoms with Crippen LogP contribution in [0.15, 0.2) is 42.9 Å². The Morgan fingerprint density at radius 2 is 2.00 bits per heavy atom. The molecule has 4 rings (SSSR count). The van der Waals surface area contributed by atoms with Gasteiger partial charge in [-0.15, -0.1) is 5.10 Å². The molecule has 0 unspecified atom stereocenters. The largest absolute Gasteiger partial charge is 0.493 e. The topological polar surface area (TPSA) is 136 Å². The first-order valence-corrected chi connectivity index (χ1v) is 11.3. The zero-order valence-electron chi connectivity index (χ0n) is 19.0. The third kappa shape index (κ3) is 6.69. The number of aromatic nitrogens is 5. The van der Waals surface area contributed by atoms with Crippen LogP contribution in [0, 0.1) is 18.3 Å². The number of hydrogen-bond donors (Lipinski definition) is 1. The van der Waals surface area contributed by atoms with Gasteiger partial charge in [-0.05, 0) is 48.1 Å². The van der Waals surface area contributed by atoms with E-state index < -0.39 is 0 Å². The highest BCUT2D eigenvalue weighted by molar-refractivity contribution is 7.16. The molecule has 4 heterocycles. The number of hydrogen-bond acceptors (Lipinski definition) is 11. The third-order valence-corrected chi connectivity index (χ3v) is 5.53. The van der Waals surface area contributed by atoms with E-state index in [4.69, 9.17) is 26.3 Å². The van der Waals surface area contributed by atoms with Gasteiger partial charge in [-0.1, -0.05) is 16.7 Å². The predicted molar refractivity (Wildman–Crippen MR) is 132 cm³/mol. The van der Waals surface area contributed by atoms with Gasteiger partial charge in [-0.25, -0.2) is 4.98 Å². The summed E-state index contributed by atoms with van der Waals surface area (Å²) in [7, 11) is 3.25. The average molecular weight is 510 g/mol. The second kappa shape index (κ2) is 12.4. The Bertz CT molecular complexity index is 1340. The lowest BCUT2D eigenvalue weighted by Crippen LogP contribution is -1.98. The van der Waals surface area contributed by atoms with Crippen molar-refractivity contribution < 1.29 is 14.3 Å². The third-order valence-electron chi connectivity index (χ3n) is 4.46. The first kappa shape index (κ1) is 25.5. The molecule has 1 N–H and O–H groups in total. The van der Waals surface area contributed by atoms with Crippen LogP contribution in [0.25, 0.3) is 11.1 Å². The summed E-state index contributed by atoms with van der Waals surface area (Å²) >= 11 is 7.06. The summed E-state index contributed by atoms with van der Waals surface area (Å²) in [6, 6.07) is 9.04. The van der Waals surface area contributed by atoms with Gasteiger partial charge in [0.15, 0.2) is 17.7 Å². The Morgan fingerprint density at radius 1 is 1.17 bits per heavy atom. The molecule has 12 heteroatoms. The van der Waals surface area contributed by atoms with E-state index in [1.54, 1.807) is 31.4 Å². The van der Waals surface area contributed by atoms with Crippen molar-refractivity contribution in [1.29, 1.82) is 5.26 Å². The van der Waals surface area contributed by atoms with Gasteiger partial charge in [0.2, 0.25) is 5.13 Å². The van der Waals surface area contributed by atoms with E-state index in [1.807, 2.05) is 19.1 Å². The number of carbonyl (C=O) groups excluding carboxylic acids is 1. The summed E-state index contributed by atoms with van der Waals surface area (Å²) in [6.07, 6.45) is 5.33. The maximum absolute atomic E-state index is 11.1. The fourth-order valence-electron chi connectivity index (χ4n) is 2.84. The fourth-order valence-corrected chi connectivity index (χ4v) is 3.50. The number of pyridine rings is 3. The van der Waals surface area contributed by atoms with Crippen molar-refractivity contribution in [3.8, 4) is 28.1 Å². The van der Waals surface area contributed by atoms with E-state index in [-0.39, 0.29) is 5.69 Å². The van der Waals surface area contributed by atoms with Gasteiger partial charge in [0.1, 0.15) is 12.7 Å². The van der Waals surface area contributed by atoms with Crippen molar-refractivity contribution in [3.63, 3.8) is 0 Å². The van der Waals surface area contributed by atoms with Crippen LogP contribution in [-0.2, 0) is 6.61 Å². The van der Waals surface area contributed by atoms with Crippen LogP contribution in [0.2, 0.25) is 5.02 Å².